The number of methoxy groups -OCH3 is 1. The van der Waals surface area contributed by atoms with Crippen LogP contribution in [0.1, 0.15) is 6.92 Å². The number of nitrogens with one attached hydrogen (secondary N) is 1. The molecule has 0 aromatic carbocycles. The minimum Gasteiger partial charge on any atom is -0.464 e. The highest BCUT2D eigenvalue weighted by molar-refractivity contribution is 7.99. The Labute approximate surface area is 156 Å². The normalized spacial score (nSPS) is 24.8. The predicted molar refractivity (Wildman–Crippen MR) is 92.6 cm³/mol. The van der Waals surface area contributed by atoms with Gasteiger partial charge in [-0.2, -0.15) is 14.7 Å². The van der Waals surface area contributed by atoms with Crippen molar-refractivity contribution in [2.75, 3.05) is 19.5 Å². The number of fused-ring (bicyclic) bond motifs is 2. The van der Waals surface area contributed by atoms with Crippen LogP contribution in [0.3, 0.4) is 0 Å². The summed E-state index contributed by atoms with van der Waals surface area (Å²) in [5, 5.41) is 10.9. The first-order chi connectivity index (χ1) is 12.8. The van der Waals surface area contributed by atoms with E-state index in [0.29, 0.717) is 22.0 Å². The van der Waals surface area contributed by atoms with Gasteiger partial charge in [0.05, 0.1) is 13.7 Å². The molecule has 0 bridgehead atoms. The van der Waals surface area contributed by atoms with Gasteiger partial charge in [0.2, 0.25) is 0 Å². The largest absolute Gasteiger partial charge is 0.464 e. The first-order valence-corrected chi connectivity index (χ1v) is 8.95. The number of hydrogen-bond donors (Lipinski definition) is 2. The summed E-state index contributed by atoms with van der Waals surface area (Å²) in [6.07, 6.45) is -0.702. The van der Waals surface area contributed by atoms with Crippen molar-refractivity contribution in [1.29, 1.82) is 0 Å². The number of amides is 1. The molecule has 4 heterocycles. The molecular weight excluding hydrogens is 376 g/mol. The molecule has 27 heavy (non-hydrogen) atoms. The summed E-state index contributed by atoms with van der Waals surface area (Å²) in [6, 6.07) is 3.35. The molecule has 2 aromatic heterocycles. The van der Waals surface area contributed by atoms with Crippen LogP contribution in [0.15, 0.2) is 33.2 Å². The highest BCUT2D eigenvalue weighted by Crippen LogP contribution is 2.39. The standard InChI is InChI=1S/C15H16N6O5S/c1-15(16)12(23)20-10(11(22)25-2)7(5-26-13(15)20)6-27-9-4-3-8-17-18-14(24)21(8)19-9/h3-4,13H,5-6,16H2,1-2H3,(H,18,24). The maximum absolute atomic E-state index is 12.3. The fourth-order valence-electron chi connectivity index (χ4n) is 3.03. The number of aromatic nitrogens is 4. The lowest BCUT2D eigenvalue weighted by Crippen LogP contribution is -2.78. The van der Waals surface area contributed by atoms with Gasteiger partial charge in [0.25, 0.3) is 5.91 Å². The fourth-order valence-corrected chi connectivity index (χ4v) is 3.88. The van der Waals surface area contributed by atoms with E-state index in [1.807, 2.05) is 0 Å². The van der Waals surface area contributed by atoms with Crippen LogP contribution < -0.4 is 11.4 Å². The number of thioether (sulfide) groups is 1. The van der Waals surface area contributed by atoms with E-state index in [-0.39, 0.29) is 12.3 Å². The summed E-state index contributed by atoms with van der Waals surface area (Å²) < 4.78 is 11.7. The zero-order chi connectivity index (χ0) is 19.3. The number of esters is 1. The SMILES string of the molecule is COC(=O)C1=C(CSc2ccc3n[nH]c(=O)n3n2)COC2N1C(=O)C2(C)N. The number of ether oxygens (including phenoxy) is 2. The van der Waals surface area contributed by atoms with Gasteiger partial charge in [0.1, 0.15) is 16.3 Å². The van der Waals surface area contributed by atoms with Crippen molar-refractivity contribution in [3.63, 3.8) is 0 Å². The van der Waals surface area contributed by atoms with Gasteiger partial charge in [-0.05, 0) is 24.6 Å². The van der Waals surface area contributed by atoms with Crippen molar-refractivity contribution in [1.82, 2.24) is 24.7 Å². The van der Waals surface area contributed by atoms with E-state index in [2.05, 4.69) is 15.3 Å². The van der Waals surface area contributed by atoms with Gasteiger partial charge in [0, 0.05) is 5.75 Å². The van der Waals surface area contributed by atoms with E-state index >= 15 is 0 Å². The molecule has 12 heteroatoms. The lowest BCUT2D eigenvalue weighted by Gasteiger charge is -2.53. The molecule has 2 aliphatic heterocycles. The summed E-state index contributed by atoms with van der Waals surface area (Å²) in [5.41, 5.74) is 5.45. The zero-order valence-electron chi connectivity index (χ0n) is 14.5. The quantitative estimate of drug-likeness (QED) is 0.374. The van der Waals surface area contributed by atoms with Crippen LogP contribution >= 0.6 is 11.8 Å². The number of aromatic amines is 1. The van der Waals surface area contributed by atoms with Crippen LogP contribution in [0.25, 0.3) is 5.65 Å². The molecule has 142 valence electrons. The van der Waals surface area contributed by atoms with Crippen LogP contribution in [0.2, 0.25) is 0 Å². The molecule has 1 saturated heterocycles. The number of nitrogens with zero attached hydrogens (tertiary/aromatic N) is 4. The molecule has 0 aliphatic carbocycles. The van der Waals surface area contributed by atoms with Gasteiger partial charge in [-0.25, -0.2) is 14.7 Å². The minimum absolute atomic E-state index is 0.132. The third-order valence-corrected chi connectivity index (χ3v) is 5.45. The Hall–Kier alpha value is -2.70. The molecule has 4 rings (SSSR count). The lowest BCUT2D eigenvalue weighted by molar-refractivity contribution is -0.195. The molecule has 0 spiro atoms. The van der Waals surface area contributed by atoms with E-state index in [4.69, 9.17) is 15.2 Å². The number of nitrogens with two attached hydrogens (primary N) is 1. The number of hydrogen-bond acceptors (Lipinski definition) is 9. The maximum atomic E-state index is 12.3. The molecule has 0 saturated carbocycles. The van der Waals surface area contributed by atoms with Crippen molar-refractivity contribution in [3.8, 4) is 0 Å². The predicted octanol–water partition coefficient (Wildman–Crippen LogP) is -1.15. The van der Waals surface area contributed by atoms with Crippen molar-refractivity contribution >= 4 is 29.3 Å². The summed E-state index contributed by atoms with van der Waals surface area (Å²) in [7, 11) is 1.25. The maximum Gasteiger partial charge on any atom is 0.364 e. The Bertz CT molecular complexity index is 1040. The molecule has 2 atom stereocenters. The number of carbonyl (C=O) groups excluding carboxylic acids is 2. The Kier molecular flexibility index (Phi) is 4.05. The van der Waals surface area contributed by atoms with Crippen molar-refractivity contribution < 1.29 is 19.1 Å². The van der Waals surface area contributed by atoms with Crippen molar-refractivity contribution in [3.05, 3.63) is 33.9 Å². The topological polar surface area (TPSA) is 145 Å². The van der Waals surface area contributed by atoms with Crippen molar-refractivity contribution in [2.24, 2.45) is 5.73 Å². The molecule has 1 fully saturated rings. The lowest BCUT2D eigenvalue weighted by atomic mass is 9.86. The second-order valence-electron chi connectivity index (χ2n) is 6.32. The number of H-pyrrole nitrogens is 1. The number of carbonyl (C=O) groups is 2. The monoisotopic (exact) mass is 392 g/mol. The van der Waals surface area contributed by atoms with Crippen molar-refractivity contribution in [2.45, 2.75) is 23.7 Å². The number of β-lactam (4-membered cyclic amide) rings is 1. The van der Waals surface area contributed by atoms with Crippen LogP contribution in [0.5, 0.6) is 0 Å². The smallest absolute Gasteiger partial charge is 0.364 e. The molecule has 3 N–H and O–H groups in total. The van der Waals surface area contributed by atoms with E-state index in [1.165, 1.54) is 23.8 Å². The summed E-state index contributed by atoms with van der Waals surface area (Å²) >= 11 is 1.29. The summed E-state index contributed by atoms with van der Waals surface area (Å²) in [5.74, 6) is -0.718. The molecule has 11 nitrogen and oxygen atoms in total. The first kappa shape index (κ1) is 17.7. The van der Waals surface area contributed by atoms with Gasteiger partial charge >= 0.3 is 11.7 Å². The molecular formula is C15H16N6O5S. The van der Waals surface area contributed by atoms with Crippen LogP contribution in [0, 0.1) is 0 Å². The van der Waals surface area contributed by atoms with Gasteiger partial charge in [0.15, 0.2) is 11.9 Å². The third-order valence-electron chi connectivity index (χ3n) is 4.44. The average molecular weight is 392 g/mol. The number of rotatable bonds is 4. The minimum atomic E-state index is -1.17. The Morgan fingerprint density at radius 1 is 1.52 bits per heavy atom. The van der Waals surface area contributed by atoms with Gasteiger partial charge in [-0.15, -0.1) is 11.8 Å². The zero-order valence-corrected chi connectivity index (χ0v) is 15.3. The molecule has 2 unspecified atom stereocenters. The highest BCUT2D eigenvalue weighted by atomic mass is 32.2. The third kappa shape index (κ3) is 2.64. The van der Waals surface area contributed by atoms with Crippen LogP contribution in [0.4, 0.5) is 0 Å². The summed E-state index contributed by atoms with van der Waals surface area (Å²) in [4.78, 5) is 37.5. The fraction of sp³-hybridized carbons (Fsp3) is 0.400. The van der Waals surface area contributed by atoms with Crippen LogP contribution in [-0.2, 0) is 19.1 Å². The molecule has 1 amide bonds. The van der Waals surface area contributed by atoms with Gasteiger partial charge < -0.3 is 15.2 Å². The molecule has 2 aliphatic rings. The Balaban J connectivity index is 1.62. The van der Waals surface area contributed by atoms with Crippen LogP contribution in [-0.4, -0.2) is 67.8 Å². The average Bonchev–Trinajstić information content (AvgIpc) is 3.05. The van der Waals surface area contributed by atoms with E-state index in [1.54, 1.807) is 19.1 Å². The van der Waals surface area contributed by atoms with E-state index < -0.39 is 29.3 Å². The van der Waals surface area contributed by atoms with Gasteiger partial charge in [-0.1, -0.05) is 0 Å². The first-order valence-electron chi connectivity index (χ1n) is 7.96. The Morgan fingerprint density at radius 2 is 2.30 bits per heavy atom. The Morgan fingerprint density at radius 3 is 3.04 bits per heavy atom. The summed E-state index contributed by atoms with van der Waals surface area (Å²) in [6.45, 7) is 1.69. The second-order valence-corrected chi connectivity index (χ2v) is 7.32. The van der Waals surface area contributed by atoms with E-state index in [9.17, 15) is 14.4 Å². The molecule has 2 aromatic rings. The van der Waals surface area contributed by atoms with Gasteiger partial charge in [-0.3, -0.25) is 9.69 Å². The molecule has 0 radical (unpaired) electrons. The van der Waals surface area contributed by atoms with E-state index in [0.717, 1.165) is 4.52 Å². The highest BCUT2D eigenvalue weighted by Gasteiger charge is 2.60. The second kappa shape index (κ2) is 6.18.